The molecule has 0 saturated carbocycles. The first-order valence-electron chi connectivity index (χ1n) is 8.40. The smallest absolute Gasteiger partial charge is 0.291 e. The van der Waals surface area contributed by atoms with Crippen molar-refractivity contribution in [3.8, 4) is 17.2 Å². The molecule has 6 heteroatoms. The van der Waals surface area contributed by atoms with E-state index < -0.39 is 0 Å². The molecule has 1 amide bonds. The molecule has 140 valence electrons. The first-order valence-corrected chi connectivity index (χ1v) is 8.40. The summed E-state index contributed by atoms with van der Waals surface area (Å²) in [6.07, 6.45) is 0. The molecule has 0 saturated heterocycles. The first-order chi connectivity index (χ1) is 13.1. The number of benzene rings is 2. The van der Waals surface area contributed by atoms with Crippen LogP contribution in [0.3, 0.4) is 0 Å². The molecule has 0 spiro atoms. The van der Waals surface area contributed by atoms with Crippen LogP contribution in [0.25, 0.3) is 0 Å². The van der Waals surface area contributed by atoms with Crippen molar-refractivity contribution < 1.29 is 23.4 Å². The van der Waals surface area contributed by atoms with E-state index in [1.165, 1.54) is 0 Å². The SMILES string of the molecule is COc1cccc(OCc2ccc(C(=O)Nc3cc(C)ccc3OC)o2)c1. The van der Waals surface area contributed by atoms with E-state index in [-0.39, 0.29) is 18.3 Å². The van der Waals surface area contributed by atoms with E-state index in [0.717, 1.165) is 5.56 Å². The van der Waals surface area contributed by atoms with Gasteiger partial charge in [0.05, 0.1) is 19.9 Å². The molecule has 0 bridgehead atoms. The Balaban J connectivity index is 1.64. The van der Waals surface area contributed by atoms with E-state index in [4.69, 9.17) is 18.6 Å². The van der Waals surface area contributed by atoms with Crippen LogP contribution in [0.15, 0.2) is 59.0 Å². The lowest BCUT2D eigenvalue weighted by Gasteiger charge is -2.10. The van der Waals surface area contributed by atoms with Crippen molar-refractivity contribution in [3.63, 3.8) is 0 Å². The number of nitrogens with one attached hydrogen (secondary N) is 1. The van der Waals surface area contributed by atoms with Gasteiger partial charge in [-0.15, -0.1) is 0 Å². The van der Waals surface area contributed by atoms with Crippen LogP contribution in [-0.4, -0.2) is 20.1 Å². The molecule has 0 aliphatic heterocycles. The maximum Gasteiger partial charge on any atom is 0.291 e. The predicted molar refractivity (Wildman–Crippen MR) is 102 cm³/mol. The highest BCUT2D eigenvalue weighted by atomic mass is 16.5. The van der Waals surface area contributed by atoms with Gasteiger partial charge in [-0.1, -0.05) is 12.1 Å². The molecule has 3 rings (SSSR count). The van der Waals surface area contributed by atoms with Crippen LogP contribution >= 0.6 is 0 Å². The lowest BCUT2D eigenvalue weighted by atomic mass is 10.2. The van der Waals surface area contributed by atoms with E-state index >= 15 is 0 Å². The molecule has 2 aromatic carbocycles. The Morgan fingerprint density at radius 1 is 1.00 bits per heavy atom. The zero-order valence-electron chi connectivity index (χ0n) is 15.4. The van der Waals surface area contributed by atoms with Gasteiger partial charge in [-0.05, 0) is 48.9 Å². The molecular formula is C21H21NO5. The maximum absolute atomic E-state index is 12.4. The van der Waals surface area contributed by atoms with Crippen molar-refractivity contribution in [1.29, 1.82) is 0 Å². The molecule has 1 aromatic heterocycles. The lowest BCUT2D eigenvalue weighted by molar-refractivity contribution is 0.0992. The molecule has 0 aliphatic carbocycles. The topological polar surface area (TPSA) is 69.9 Å². The molecule has 0 aliphatic rings. The Labute approximate surface area is 157 Å². The standard InChI is InChI=1S/C21H21NO5/c1-14-7-9-19(25-3)18(11-14)22-21(23)20-10-8-17(27-20)13-26-16-6-4-5-15(12-16)24-2/h4-12H,13H2,1-3H3,(H,22,23). The number of carbonyl (C=O) groups is 1. The van der Waals surface area contributed by atoms with E-state index in [9.17, 15) is 4.79 Å². The normalized spacial score (nSPS) is 10.3. The van der Waals surface area contributed by atoms with Crippen molar-refractivity contribution >= 4 is 11.6 Å². The van der Waals surface area contributed by atoms with Gasteiger partial charge in [-0.3, -0.25) is 4.79 Å². The Hall–Kier alpha value is -3.41. The number of amides is 1. The van der Waals surface area contributed by atoms with Crippen molar-refractivity contribution in [2.75, 3.05) is 19.5 Å². The van der Waals surface area contributed by atoms with Crippen molar-refractivity contribution in [2.24, 2.45) is 0 Å². The van der Waals surface area contributed by atoms with Gasteiger partial charge < -0.3 is 23.9 Å². The summed E-state index contributed by atoms with van der Waals surface area (Å²) in [4.78, 5) is 12.4. The van der Waals surface area contributed by atoms with Gasteiger partial charge in [-0.25, -0.2) is 0 Å². The second-order valence-electron chi connectivity index (χ2n) is 5.89. The van der Waals surface area contributed by atoms with Gasteiger partial charge in [0.1, 0.15) is 29.6 Å². The summed E-state index contributed by atoms with van der Waals surface area (Å²) in [5.41, 5.74) is 1.60. The monoisotopic (exact) mass is 367 g/mol. The van der Waals surface area contributed by atoms with E-state index in [1.807, 2.05) is 37.3 Å². The minimum Gasteiger partial charge on any atom is -0.497 e. The average Bonchev–Trinajstić information content (AvgIpc) is 3.16. The minimum absolute atomic E-state index is 0.197. The van der Waals surface area contributed by atoms with Crippen LogP contribution in [0.1, 0.15) is 21.9 Å². The summed E-state index contributed by atoms with van der Waals surface area (Å²) in [5, 5.41) is 2.81. The zero-order chi connectivity index (χ0) is 19.2. The summed E-state index contributed by atoms with van der Waals surface area (Å²) < 4.78 is 21.7. The molecule has 0 unspecified atom stereocenters. The number of furan rings is 1. The highest BCUT2D eigenvalue weighted by Gasteiger charge is 2.14. The second kappa shape index (κ2) is 8.31. The van der Waals surface area contributed by atoms with Crippen LogP contribution < -0.4 is 19.5 Å². The molecule has 3 aromatic rings. The number of ether oxygens (including phenoxy) is 3. The van der Waals surface area contributed by atoms with Crippen LogP contribution in [0, 0.1) is 6.92 Å². The van der Waals surface area contributed by atoms with Crippen molar-refractivity contribution in [3.05, 3.63) is 71.7 Å². The van der Waals surface area contributed by atoms with E-state index in [1.54, 1.807) is 38.5 Å². The molecule has 0 radical (unpaired) electrons. The molecule has 1 N–H and O–H groups in total. The summed E-state index contributed by atoms with van der Waals surface area (Å²) >= 11 is 0. The van der Waals surface area contributed by atoms with E-state index in [2.05, 4.69) is 5.32 Å². The minimum atomic E-state index is -0.355. The highest BCUT2D eigenvalue weighted by Crippen LogP contribution is 2.26. The molecule has 1 heterocycles. The molecule has 6 nitrogen and oxygen atoms in total. The largest absolute Gasteiger partial charge is 0.497 e. The van der Waals surface area contributed by atoms with E-state index in [0.29, 0.717) is 28.7 Å². The summed E-state index contributed by atoms with van der Waals surface area (Å²) in [6.45, 7) is 2.14. The maximum atomic E-state index is 12.4. The number of carbonyl (C=O) groups excluding carboxylic acids is 1. The number of rotatable bonds is 7. The Morgan fingerprint density at radius 3 is 2.59 bits per heavy atom. The average molecular weight is 367 g/mol. The fourth-order valence-electron chi connectivity index (χ4n) is 2.53. The van der Waals surface area contributed by atoms with Crippen LogP contribution in [0.2, 0.25) is 0 Å². The summed E-state index contributed by atoms with van der Waals surface area (Å²) in [5.74, 6) is 2.33. The first kappa shape index (κ1) is 18.4. The molecular weight excluding hydrogens is 346 g/mol. The van der Waals surface area contributed by atoms with Gasteiger partial charge in [0.15, 0.2) is 5.76 Å². The summed E-state index contributed by atoms with van der Waals surface area (Å²) in [6, 6.07) is 16.2. The third-order valence-corrected chi connectivity index (χ3v) is 3.91. The Kier molecular flexibility index (Phi) is 5.66. The number of methoxy groups -OCH3 is 2. The third-order valence-electron chi connectivity index (χ3n) is 3.91. The fraction of sp³-hybridized carbons (Fsp3) is 0.190. The van der Waals surface area contributed by atoms with Gasteiger partial charge in [0, 0.05) is 6.07 Å². The third kappa shape index (κ3) is 4.61. The highest BCUT2D eigenvalue weighted by molar-refractivity contribution is 6.03. The zero-order valence-corrected chi connectivity index (χ0v) is 15.4. The van der Waals surface area contributed by atoms with Crippen LogP contribution in [0.5, 0.6) is 17.2 Å². The Bertz CT molecular complexity index is 932. The molecule has 0 fully saturated rings. The second-order valence-corrected chi connectivity index (χ2v) is 5.89. The van der Waals surface area contributed by atoms with Crippen molar-refractivity contribution in [1.82, 2.24) is 0 Å². The number of anilines is 1. The van der Waals surface area contributed by atoms with Crippen LogP contribution in [0.4, 0.5) is 5.69 Å². The summed E-state index contributed by atoms with van der Waals surface area (Å²) in [7, 11) is 3.15. The molecule has 27 heavy (non-hydrogen) atoms. The Morgan fingerprint density at radius 2 is 1.81 bits per heavy atom. The molecule has 0 atom stereocenters. The van der Waals surface area contributed by atoms with Gasteiger partial charge in [0.25, 0.3) is 5.91 Å². The lowest BCUT2D eigenvalue weighted by Crippen LogP contribution is -2.12. The quantitative estimate of drug-likeness (QED) is 0.669. The van der Waals surface area contributed by atoms with Crippen molar-refractivity contribution in [2.45, 2.75) is 13.5 Å². The number of aryl methyl sites for hydroxylation is 1. The number of hydrogen-bond donors (Lipinski definition) is 1. The fourth-order valence-corrected chi connectivity index (χ4v) is 2.53. The number of hydrogen-bond acceptors (Lipinski definition) is 5. The van der Waals surface area contributed by atoms with Crippen LogP contribution in [-0.2, 0) is 6.61 Å². The predicted octanol–water partition coefficient (Wildman–Crippen LogP) is 4.44. The van der Waals surface area contributed by atoms with Gasteiger partial charge >= 0.3 is 0 Å². The van der Waals surface area contributed by atoms with Gasteiger partial charge in [-0.2, -0.15) is 0 Å². The van der Waals surface area contributed by atoms with Gasteiger partial charge in [0.2, 0.25) is 0 Å².